The molecule has 3 unspecified atom stereocenters. The van der Waals surface area contributed by atoms with Gasteiger partial charge in [0, 0.05) is 37.7 Å². The fourth-order valence-electron chi connectivity index (χ4n) is 4.81. The molecule has 6 atom stereocenters. The molecule has 0 aromatic carbocycles. The lowest BCUT2D eigenvalue weighted by molar-refractivity contribution is -0.228. The van der Waals surface area contributed by atoms with Crippen LogP contribution in [0.5, 0.6) is 0 Å². The zero-order chi connectivity index (χ0) is 29.7. The van der Waals surface area contributed by atoms with E-state index in [-0.39, 0.29) is 36.7 Å². The van der Waals surface area contributed by atoms with E-state index >= 15 is 0 Å². The molecular weight excluding hydrogens is 536 g/mol. The van der Waals surface area contributed by atoms with Crippen LogP contribution in [0.15, 0.2) is 11.8 Å². The molecule has 12 heteroatoms. The molecule has 222 valence electrons. The van der Waals surface area contributed by atoms with Gasteiger partial charge in [-0.05, 0) is 11.8 Å². The van der Waals surface area contributed by atoms with Crippen molar-refractivity contribution in [2.24, 2.45) is 23.7 Å². The molecule has 0 radical (unpaired) electrons. The fraction of sp³-hybridized carbons (Fsp3) is 0.778. The van der Waals surface area contributed by atoms with Crippen LogP contribution in [-0.2, 0) is 42.9 Å². The van der Waals surface area contributed by atoms with Gasteiger partial charge in [0.1, 0.15) is 23.9 Å². The third-order valence-corrected chi connectivity index (χ3v) is 7.09. The molecule has 2 N–H and O–H groups in total. The number of hydrogen-bond donors (Lipinski definition) is 2. The Hall–Kier alpha value is -2.37. The van der Waals surface area contributed by atoms with Crippen molar-refractivity contribution in [1.82, 2.24) is 0 Å². The molecule has 0 aromatic rings. The average molecular weight is 577 g/mol. The standard InChI is InChI=1S/C27H41ClO11/c1-14(2)8-20(30)38-22(16(5)6)24(32)35-11-18-12-36-25(39-21(31)9-15(3)4)23-26(18,33)10-19(37-17(7)29)27(23,34)13-28/h12,14-16,19,22-23,25,33-34H,8-11,13H2,1-7H3/t19?,22?,23-,25?,26-,27+/m0/s1. The second kappa shape index (κ2) is 13.3. The summed E-state index contributed by atoms with van der Waals surface area (Å²) >= 11 is 6.13. The van der Waals surface area contributed by atoms with Crippen molar-refractivity contribution in [1.29, 1.82) is 0 Å². The van der Waals surface area contributed by atoms with Gasteiger partial charge in [0.15, 0.2) is 0 Å². The Morgan fingerprint density at radius 3 is 2.13 bits per heavy atom. The SMILES string of the molecule is CC(=O)OC1C[C@]2(O)C(COC(=O)C(OC(=O)CC(C)C)C(C)C)=COC(OC(=O)CC(C)C)[C@@H]2[C@@]1(O)CCl. The lowest BCUT2D eigenvalue weighted by Crippen LogP contribution is -2.58. The summed E-state index contributed by atoms with van der Waals surface area (Å²) in [6.07, 6.45) is -2.99. The highest BCUT2D eigenvalue weighted by Crippen LogP contribution is 2.53. The van der Waals surface area contributed by atoms with Crippen molar-refractivity contribution in [3.63, 3.8) is 0 Å². The average Bonchev–Trinajstić information content (AvgIpc) is 3.02. The number of rotatable bonds is 12. The van der Waals surface area contributed by atoms with E-state index in [0.29, 0.717) is 0 Å². The summed E-state index contributed by atoms with van der Waals surface area (Å²) in [5.74, 6) is -5.00. The summed E-state index contributed by atoms with van der Waals surface area (Å²) in [5, 5.41) is 23.4. The molecule has 0 aromatic heterocycles. The predicted octanol–water partition coefficient (Wildman–Crippen LogP) is 2.63. The molecule has 0 saturated heterocycles. The first-order valence-corrected chi connectivity index (χ1v) is 13.7. The highest BCUT2D eigenvalue weighted by atomic mass is 35.5. The van der Waals surface area contributed by atoms with Gasteiger partial charge in [-0.3, -0.25) is 14.4 Å². The molecule has 2 aliphatic rings. The highest BCUT2D eigenvalue weighted by molar-refractivity contribution is 6.18. The van der Waals surface area contributed by atoms with Crippen LogP contribution in [0.3, 0.4) is 0 Å². The van der Waals surface area contributed by atoms with Crippen LogP contribution in [0, 0.1) is 23.7 Å². The second-order valence-corrected chi connectivity index (χ2v) is 11.7. The molecular formula is C27H41ClO11. The summed E-state index contributed by atoms with van der Waals surface area (Å²) in [6.45, 7) is 11.3. The van der Waals surface area contributed by atoms with Gasteiger partial charge in [0.05, 0.1) is 18.1 Å². The highest BCUT2D eigenvalue weighted by Gasteiger charge is 2.69. The number of esters is 4. The maximum absolute atomic E-state index is 12.9. The van der Waals surface area contributed by atoms with Gasteiger partial charge in [-0.15, -0.1) is 11.6 Å². The summed E-state index contributed by atoms with van der Waals surface area (Å²) in [6, 6.07) is 0. The smallest absolute Gasteiger partial charge is 0.348 e. The molecule has 11 nitrogen and oxygen atoms in total. The predicted molar refractivity (Wildman–Crippen MR) is 138 cm³/mol. The summed E-state index contributed by atoms with van der Waals surface area (Å²) in [4.78, 5) is 49.3. The van der Waals surface area contributed by atoms with Gasteiger partial charge in [-0.1, -0.05) is 41.5 Å². The third-order valence-electron chi connectivity index (χ3n) is 6.67. The Kier molecular flexibility index (Phi) is 11.2. The van der Waals surface area contributed by atoms with E-state index in [1.807, 2.05) is 27.7 Å². The number of fused-ring (bicyclic) bond motifs is 1. The fourth-order valence-corrected chi connectivity index (χ4v) is 5.15. The largest absolute Gasteiger partial charge is 0.462 e. The number of alkyl halides is 1. The first-order chi connectivity index (χ1) is 18.0. The van der Waals surface area contributed by atoms with E-state index in [0.717, 1.165) is 13.2 Å². The number of carbonyl (C=O) groups is 4. The maximum Gasteiger partial charge on any atom is 0.348 e. The maximum atomic E-state index is 12.9. The second-order valence-electron chi connectivity index (χ2n) is 11.4. The topological polar surface area (TPSA) is 155 Å². The van der Waals surface area contributed by atoms with Crippen molar-refractivity contribution in [2.45, 2.75) is 97.4 Å². The minimum absolute atomic E-state index is 0.0196. The Morgan fingerprint density at radius 1 is 1.03 bits per heavy atom. The van der Waals surface area contributed by atoms with E-state index in [1.165, 1.54) is 0 Å². The number of hydrogen-bond acceptors (Lipinski definition) is 11. The molecule has 0 bridgehead atoms. The van der Waals surface area contributed by atoms with Gasteiger partial charge >= 0.3 is 23.9 Å². The first kappa shape index (κ1) is 32.8. The van der Waals surface area contributed by atoms with Gasteiger partial charge in [0.25, 0.3) is 6.29 Å². The molecule has 1 saturated carbocycles. The molecule has 1 heterocycles. The molecule has 2 rings (SSSR count). The van der Waals surface area contributed by atoms with Gasteiger partial charge in [-0.2, -0.15) is 0 Å². The Balaban J connectivity index is 2.33. The molecule has 1 fully saturated rings. The first-order valence-electron chi connectivity index (χ1n) is 13.1. The Bertz CT molecular complexity index is 946. The number of aliphatic hydroxyl groups is 2. The zero-order valence-electron chi connectivity index (χ0n) is 23.6. The van der Waals surface area contributed by atoms with Crippen LogP contribution in [0.4, 0.5) is 0 Å². The van der Waals surface area contributed by atoms with Crippen molar-refractivity contribution >= 4 is 35.5 Å². The Morgan fingerprint density at radius 2 is 1.62 bits per heavy atom. The quantitative estimate of drug-likeness (QED) is 0.200. The zero-order valence-corrected chi connectivity index (χ0v) is 24.4. The van der Waals surface area contributed by atoms with Crippen molar-refractivity contribution in [3.8, 4) is 0 Å². The number of ether oxygens (including phenoxy) is 5. The van der Waals surface area contributed by atoms with Crippen LogP contribution in [0.2, 0.25) is 0 Å². The lowest BCUT2D eigenvalue weighted by Gasteiger charge is -2.43. The number of halogens is 1. The summed E-state index contributed by atoms with van der Waals surface area (Å²) < 4.78 is 27.1. The minimum Gasteiger partial charge on any atom is -0.462 e. The summed E-state index contributed by atoms with van der Waals surface area (Å²) in [5.41, 5.74) is -4.03. The molecule has 0 spiro atoms. The van der Waals surface area contributed by atoms with Crippen molar-refractivity contribution in [2.75, 3.05) is 12.5 Å². The molecule has 0 amide bonds. The Labute approximate surface area is 234 Å². The van der Waals surface area contributed by atoms with E-state index in [9.17, 15) is 29.4 Å². The van der Waals surface area contributed by atoms with E-state index in [2.05, 4.69) is 0 Å². The van der Waals surface area contributed by atoms with E-state index in [1.54, 1.807) is 13.8 Å². The van der Waals surface area contributed by atoms with Crippen LogP contribution in [0.1, 0.15) is 67.7 Å². The molecule has 1 aliphatic heterocycles. The summed E-state index contributed by atoms with van der Waals surface area (Å²) in [7, 11) is 0. The van der Waals surface area contributed by atoms with Gasteiger partial charge in [-0.25, -0.2) is 4.79 Å². The van der Waals surface area contributed by atoms with E-state index < -0.39 is 77.9 Å². The molecule has 39 heavy (non-hydrogen) atoms. The van der Waals surface area contributed by atoms with Crippen LogP contribution >= 0.6 is 11.6 Å². The molecule has 1 aliphatic carbocycles. The normalized spacial score (nSPS) is 28.8. The minimum atomic E-state index is -2.05. The van der Waals surface area contributed by atoms with Gasteiger partial charge in [0.2, 0.25) is 6.10 Å². The van der Waals surface area contributed by atoms with Crippen LogP contribution < -0.4 is 0 Å². The van der Waals surface area contributed by atoms with E-state index in [4.69, 9.17) is 35.3 Å². The van der Waals surface area contributed by atoms with Crippen LogP contribution in [0.25, 0.3) is 0 Å². The monoisotopic (exact) mass is 576 g/mol. The number of carbonyl (C=O) groups excluding carboxylic acids is 4. The van der Waals surface area contributed by atoms with Crippen LogP contribution in [-0.4, -0.2) is 76.3 Å². The third kappa shape index (κ3) is 7.85. The van der Waals surface area contributed by atoms with Crippen molar-refractivity contribution in [3.05, 3.63) is 11.8 Å². The van der Waals surface area contributed by atoms with Crippen molar-refractivity contribution < 1.29 is 53.1 Å². The van der Waals surface area contributed by atoms with Gasteiger partial charge < -0.3 is 33.9 Å². The lowest BCUT2D eigenvalue weighted by atomic mass is 9.77.